The van der Waals surface area contributed by atoms with Crippen LogP contribution >= 0.6 is 0 Å². The Labute approximate surface area is 133 Å². The maximum absolute atomic E-state index is 12.2. The highest BCUT2D eigenvalue weighted by atomic mass is 16.6. The van der Waals surface area contributed by atoms with E-state index < -0.39 is 12.1 Å². The van der Waals surface area contributed by atoms with Crippen molar-refractivity contribution in [2.75, 3.05) is 6.61 Å². The van der Waals surface area contributed by atoms with Crippen LogP contribution in [-0.4, -0.2) is 29.5 Å². The van der Waals surface area contributed by atoms with E-state index >= 15 is 0 Å². The lowest BCUT2D eigenvalue weighted by atomic mass is 9.89. The normalized spacial score (nSPS) is 26.4. The van der Waals surface area contributed by atoms with Crippen molar-refractivity contribution in [1.82, 2.24) is 10.2 Å². The van der Waals surface area contributed by atoms with E-state index in [4.69, 9.17) is 4.74 Å². The Balaban J connectivity index is 1.66. The first-order valence-corrected chi connectivity index (χ1v) is 7.61. The largest absolute Gasteiger partial charge is 0.447 e. The number of benzene rings is 2. The third-order valence-corrected chi connectivity index (χ3v) is 4.44. The van der Waals surface area contributed by atoms with Gasteiger partial charge in [0.2, 0.25) is 5.91 Å². The molecule has 5 nitrogen and oxygen atoms in total. The number of ether oxygens (including phenoxy) is 1. The second-order valence-electron chi connectivity index (χ2n) is 5.75. The number of carbonyl (C=O) groups excluding carboxylic acids is 2. The van der Waals surface area contributed by atoms with Gasteiger partial charge in [0.05, 0.1) is 12.1 Å². The highest BCUT2D eigenvalue weighted by Crippen LogP contribution is 2.37. The third kappa shape index (κ3) is 2.25. The number of hydrogen-bond acceptors (Lipinski definition) is 3. The molecule has 0 aliphatic carbocycles. The van der Waals surface area contributed by atoms with Gasteiger partial charge in [-0.1, -0.05) is 60.7 Å². The molecule has 116 valence electrons. The lowest BCUT2D eigenvalue weighted by molar-refractivity contribution is -0.136. The van der Waals surface area contributed by atoms with Crippen molar-refractivity contribution >= 4 is 12.0 Å². The number of nitrogens with zero attached hydrogens (tertiary/aromatic N) is 1. The number of β-lactam (4-membered cyclic amide) rings is 1. The summed E-state index contributed by atoms with van der Waals surface area (Å²) < 4.78 is 5.23. The smallest absolute Gasteiger partial charge is 0.411 e. The molecule has 2 aliphatic rings. The van der Waals surface area contributed by atoms with E-state index in [2.05, 4.69) is 5.32 Å². The summed E-state index contributed by atoms with van der Waals surface area (Å²) in [6, 6.07) is 18.4. The van der Waals surface area contributed by atoms with Crippen LogP contribution in [0.2, 0.25) is 0 Å². The first-order valence-electron chi connectivity index (χ1n) is 7.61. The quantitative estimate of drug-likeness (QED) is 0.886. The summed E-state index contributed by atoms with van der Waals surface area (Å²) >= 11 is 0. The Morgan fingerprint density at radius 2 is 1.52 bits per heavy atom. The molecule has 2 amide bonds. The van der Waals surface area contributed by atoms with Gasteiger partial charge in [-0.15, -0.1) is 0 Å². The summed E-state index contributed by atoms with van der Waals surface area (Å²) in [6.07, 6.45) is -0.431. The number of nitrogens with one attached hydrogen (secondary N) is 1. The fraction of sp³-hybridized carbons (Fsp3) is 0.222. The van der Waals surface area contributed by atoms with Gasteiger partial charge in [0.15, 0.2) is 0 Å². The minimum absolute atomic E-state index is 0.140. The number of hydrogen-bond donors (Lipinski definition) is 1. The molecule has 2 heterocycles. The van der Waals surface area contributed by atoms with Crippen LogP contribution in [0.3, 0.4) is 0 Å². The summed E-state index contributed by atoms with van der Waals surface area (Å²) in [5.41, 5.74) is 1.97. The highest BCUT2D eigenvalue weighted by molar-refractivity contribution is 5.93. The maximum atomic E-state index is 12.2. The first kappa shape index (κ1) is 13.8. The topological polar surface area (TPSA) is 58.6 Å². The number of amides is 2. The van der Waals surface area contributed by atoms with E-state index in [0.717, 1.165) is 11.1 Å². The van der Waals surface area contributed by atoms with Gasteiger partial charge >= 0.3 is 6.09 Å². The Bertz CT molecular complexity index is 732. The van der Waals surface area contributed by atoms with Crippen molar-refractivity contribution in [3.63, 3.8) is 0 Å². The molecule has 0 saturated carbocycles. The average Bonchev–Trinajstić information content (AvgIpc) is 2.95. The van der Waals surface area contributed by atoms with Crippen molar-refractivity contribution in [2.45, 2.75) is 18.1 Å². The molecule has 0 bridgehead atoms. The molecule has 23 heavy (non-hydrogen) atoms. The van der Waals surface area contributed by atoms with E-state index in [-0.39, 0.29) is 24.6 Å². The van der Waals surface area contributed by atoms with Crippen molar-refractivity contribution in [1.29, 1.82) is 0 Å². The van der Waals surface area contributed by atoms with E-state index in [1.54, 1.807) is 4.90 Å². The highest BCUT2D eigenvalue weighted by Gasteiger charge is 2.51. The van der Waals surface area contributed by atoms with Crippen LogP contribution in [-0.2, 0) is 9.53 Å². The number of carbonyl (C=O) groups is 2. The molecule has 3 atom stereocenters. The van der Waals surface area contributed by atoms with Crippen LogP contribution in [0.4, 0.5) is 4.79 Å². The molecule has 2 fully saturated rings. The summed E-state index contributed by atoms with van der Waals surface area (Å²) in [5.74, 6) is -0.140. The zero-order valence-electron chi connectivity index (χ0n) is 12.4. The molecule has 2 saturated heterocycles. The Morgan fingerprint density at radius 3 is 2.13 bits per heavy atom. The lowest BCUT2D eigenvalue weighted by Gasteiger charge is -2.43. The molecule has 0 aromatic heterocycles. The van der Waals surface area contributed by atoms with Crippen LogP contribution < -0.4 is 5.32 Å². The van der Waals surface area contributed by atoms with Crippen LogP contribution in [0.25, 0.3) is 0 Å². The van der Waals surface area contributed by atoms with Gasteiger partial charge < -0.3 is 10.1 Å². The molecule has 0 spiro atoms. The third-order valence-electron chi connectivity index (χ3n) is 4.44. The van der Waals surface area contributed by atoms with Gasteiger partial charge in [0.1, 0.15) is 12.6 Å². The van der Waals surface area contributed by atoms with Gasteiger partial charge in [-0.05, 0) is 11.1 Å². The fourth-order valence-electron chi connectivity index (χ4n) is 3.26. The second kappa shape index (κ2) is 5.43. The molecule has 0 unspecified atom stereocenters. The Hall–Kier alpha value is -2.82. The van der Waals surface area contributed by atoms with E-state index in [0.29, 0.717) is 0 Å². The molecule has 2 aliphatic heterocycles. The van der Waals surface area contributed by atoms with Gasteiger partial charge in [-0.25, -0.2) is 4.79 Å². The summed E-state index contributed by atoms with van der Waals surface area (Å²) in [5, 5.41) is 2.89. The number of rotatable bonds is 3. The SMILES string of the molecule is O=C1N[C@@H](c2ccccc2)[C@@H]1N1C(=O)OC[C@@H]1c1ccccc1. The van der Waals surface area contributed by atoms with Crippen molar-refractivity contribution in [3.05, 3.63) is 71.8 Å². The second-order valence-corrected chi connectivity index (χ2v) is 5.75. The minimum atomic E-state index is -0.530. The Morgan fingerprint density at radius 1 is 0.913 bits per heavy atom. The minimum Gasteiger partial charge on any atom is -0.447 e. The van der Waals surface area contributed by atoms with Crippen LogP contribution in [0.15, 0.2) is 60.7 Å². The van der Waals surface area contributed by atoms with E-state index in [9.17, 15) is 9.59 Å². The lowest BCUT2D eigenvalue weighted by Crippen LogP contribution is -2.64. The zero-order valence-corrected chi connectivity index (χ0v) is 12.4. The van der Waals surface area contributed by atoms with Gasteiger partial charge in [-0.2, -0.15) is 0 Å². The van der Waals surface area contributed by atoms with Gasteiger partial charge in [0.25, 0.3) is 0 Å². The maximum Gasteiger partial charge on any atom is 0.411 e. The van der Waals surface area contributed by atoms with Crippen molar-refractivity contribution < 1.29 is 14.3 Å². The van der Waals surface area contributed by atoms with Crippen LogP contribution in [0, 0.1) is 0 Å². The summed E-state index contributed by atoms with van der Waals surface area (Å²) in [4.78, 5) is 26.0. The fourth-order valence-corrected chi connectivity index (χ4v) is 3.26. The van der Waals surface area contributed by atoms with Gasteiger partial charge in [-0.3, -0.25) is 9.69 Å². The number of cyclic esters (lactones) is 1. The average molecular weight is 308 g/mol. The predicted octanol–water partition coefficient (Wildman–Crippen LogP) is 2.42. The van der Waals surface area contributed by atoms with Gasteiger partial charge in [0, 0.05) is 0 Å². The van der Waals surface area contributed by atoms with Crippen molar-refractivity contribution in [3.8, 4) is 0 Å². The molecule has 4 rings (SSSR count). The Kier molecular flexibility index (Phi) is 3.26. The van der Waals surface area contributed by atoms with Crippen molar-refractivity contribution in [2.24, 2.45) is 0 Å². The molecular formula is C18H16N2O3. The standard InChI is InChI=1S/C18H16N2O3/c21-17-16(15(19-17)13-9-5-2-6-10-13)20-14(11-23-18(20)22)12-7-3-1-4-8-12/h1-10,14-16H,11H2,(H,19,21)/t14-,15+,16+/m1/s1. The molecular weight excluding hydrogens is 292 g/mol. The first-order chi connectivity index (χ1) is 11.3. The molecule has 2 aromatic rings. The molecule has 1 N–H and O–H groups in total. The molecule has 0 radical (unpaired) electrons. The monoisotopic (exact) mass is 308 g/mol. The van der Waals surface area contributed by atoms with Crippen LogP contribution in [0.1, 0.15) is 23.2 Å². The van der Waals surface area contributed by atoms with E-state index in [1.165, 1.54) is 0 Å². The predicted molar refractivity (Wildman–Crippen MR) is 83.5 cm³/mol. The van der Waals surface area contributed by atoms with Crippen LogP contribution in [0.5, 0.6) is 0 Å². The molecule has 2 aromatic carbocycles. The van der Waals surface area contributed by atoms with E-state index in [1.807, 2.05) is 60.7 Å². The summed E-state index contributed by atoms with van der Waals surface area (Å²) in [6.45, 7) is 0.272. The molecule has 5 heteroatoms. The zero-order chi connectivity index (χ0) is 15.8. The summed E-state index contributed by atoms with van der Waals surface area (Å²) in [7, 11) is 0.